The highest BCUT2D eigenvalue weighted by atomic mass is 16.7. The van der Waals surface area contributed by atoms with Gasteiger partial charge < -0.3 is 23.9 Å². The van der Waals surface area contributed by atoms with Crippen LogP contribution in [-0.4, -0.2) is 37.0 Å². The average Bonchev–Trinajstić information content (AvgIpc) is 3.63. The second-order valence-electron chi connectivity index (χ2n) is 9.31. The Morgan fingerprint density at radius 2 is 1.76 bits per heavy atom. The second kappa shape index (κ2) is 10.9. The number of amides is 1. The second-order valence-corrected chi connectivity index (χ2v) is 9.31. The van der Waals surface area contributed by atoms with Gasteiger partial charge in [-0.1, -0.05) is 48.5 Å². The van der Waals surface area contributed by atoms with Crippen molar-refractivity contribution < 1.29 is 28.5 Å². The largest absolute Gasteiger partial charge is 0.493 e. The van der Waals surface area contributed by atoms with E-state index in [1.54, 1.807) is 36.4 Å². The van der Waals surface area contributed by atoms with Gasteiger partial charge in [-0.3, -0.25) is 4.79 Å². The lowest BCUT2D eigenvalue weighted by molar-refractivity contribution is 0.0729. The lowest BCUT2D eigenvalue weighted by atomic mass is 10.0. The van der Waals surface area contributed by atoms with Crippen LogP contribution in [0.2, 0.25) is 0 Å². The highest BCUT2D eigenvalue weighted by Gasteiger charge is 2.21. The minimum Gasteiger partial charge on any atom is -0.493 e. The van der Waals surface area contributed by atoms with E-state index >= 15 is 0 Å². The van der Waals surface area contributed by atoms with Crippen molar-refractivity contribution in [2.75, 3.05) is 13.9 Å². The number of benzene rings is 4. The molecule has 0 saturated carbocycles. The SMILES string of the molecule is COc1cc(C=NNC(=O)c2[nH]c3c(C)cccc3c2-c2ccccc2)ccc1OC(=O)c1ccc2c(c1)OCO2. The van der Waals surface area contributed by atoms with Crippen molar-refractivity contribution in [1.29, 1.82) is 0 Å². The summed E-state index contributed by atoms with van der Waals surface area (Å²) in [6, 6.07) is 25.5. The fourth-order valence-electron chi connectivity index (χ4n) is 4.69. The molecule has 41 heavy (non-hydrogen) atoms. The minimum absolute atomic E-state index is 0.112. The van der Waals surface area contributed by atoms with E-state index in [2.05, 4.69) is 15.5 Å². The summed E-state index contributed by atoms with van der Waals surface area (Å²) in [5.74, 6) is 0.670. The van der Waals surface area contributed by atoms with Gasteiger partial charge in [0, 0.05) is 16.5 Å². The van der Waals surface area contributed by atoms with Gasteiger partial charge in [0.15, 0.2) is 23.0 Å². The van der Waals surface area contributed by atoms with Gasteiger partial charge in [-0.05, 0) is 60.0 Å². The molecule has 6 rings (SSSR count). The maximum absolute atomic E-state index is 13.3. The number of nitrogens with one attached hydrogen (secondary N) is 2. The molecular formula is C32H25N3O6. The lowest BCUT2D eigenvalue weighted by Crippen LogP contribution is -2.18. The van der Waals surface area contributed by atoms with Crippen LogP contribution in [0.15, 0.2) is 90.0 Å². The molecule has 0 fully saturated rings. The maximum Gasteiger partial charge on any atom is 0.343 e. The van der Waals surface area contributed by atoms with Gasteiger partial charge in [0.1, 0.15) is 5.69 Å². The molecule has 4 aromatic carbocycles. The molecule has 1 aromatic heterocycles. The molecule has 5 aromatic rings. The van der Waals surface area contributed by atoms with Crippen molar-refractivity contribution >= 4 is 29.0 Å². The van der Waals surface area contributed by atoms with Crippen LogP contribution in [0, 0.1) is 6.92 Å². The Hall–Kier alpha value is -5.57. The molecule has 1 aliphatic rings. The molecule has 2 N–H and O–H groups in total. The number of methoxy groups -OCH3 is 1. The number of hydrogen-bond acceptors (Lipinski definition) is 7. The summed E-state index contributed by atoms with van der Waals surface area (Å²) in [6.07, 6.45) is 1.49. The molecular weight excluding hydrogens is 522 g/mol. The monoisotopic (exact) mass is 547 g/mol. The van der Waals surface area contributed by atoms with Crippen LogP contribution < -0.4 is 24.4 Å². The molecule has 0 aliphatic carbocycles. The van der Waals surface area contributed by atoms with E-state index in [-0.39, 0.29) is 18.4 Å². The number of ether oxygens (including phenoxy) is 4. The van der Waals surface area contributed by atoms with Crippen LogP contribution in [0.4, 0.5) is 0 Å². The third-order valence-corrected chi connectivity index (χ3v) is 6.71. The van der Waals surface area contributed by atoms with Crippen molar-refractivity contribution in [3.63, 3.8) is 0 Å². The number of aromatic amines is 1. The summed E-state index contributed by atoms with van der Waals surface area (Å²) >= 11 is 0. The number of nitrogens with zero attached hydrogens (tertiary/aromatic N) is 1. The summed E-state index contributed by atoms with van der Waals surface area (Å²) in [5, 5.41) is 5.12. The molecule has 204 valence electrons. The summed E-state index contributed by atoms with van der Waals surface area (Å²) in [4.78, 5) is 29.3. The fraction of sp³-hybridized carbons (Fsp3) is 0.0938. The Kier molecular flexibility index (Phi) is 6.83. The van der Waals surface area contributed by atoms with E-state index in [1.807, 2.05) is 55.5 Å². The van der Waals surface area contributed by atoms with Crippen molar-refractivity contribution in [3.05, 3.63) is 107 Å². The van der Waals surface area contributed by atoms with Crippen LogP contribution in [0.5, 0.6) is 23.0 Å². The van der Waals surface area contributed by atoms with Gasteiger partial charge >= 0.3 is 5.97 Å². The molecule has 0 saturated heterocycles. The Morgan fingerprint density at radius 1 is 0.927 bits per heavy atom. The number of fused-ring (bicyclic) bond motifs is 2. The molecule has 0 bridgehead atoms. The third kappa shape index (κ3) is 5.08. The Balaban J connectivity index is 1.19. The number of H-pyrrole nitrogens is 1. The molecule has 9 heteroatoms. The lowest BCUT2D eigenvalue weighted by Gasteiger charge is -2.10. The number of carbonyl (C=O) groups is 2. The topological polar surface area (TPSA) is 111 Å². The normalized spacial score (nSPS) is 12.0. The predicted molar refractivity (Wildman–Crippen MR) is 154 cm³/mol. The summed E-state index contributed by atoms with van der Waals surface area (Å²) in [5.41, 5.74) is 7.64. The Labute approximate surface area is 235 Å². The van der Waals surface area contributed by atoms with E-state index in [1.165, 1.54) is 13.3 Å². The molecule has 0 spiro atoms. The van der Waals surface area contributed by atoms with Crippen molar-refractivity contribution in [2.45, 2.75) is 6.92 Å². The number of hydrazone groups is 1. The van der Waals surface area contributed by atoms with Crippen LogP contribution in [0.1, 0.15) is 32.0 Å². The molecule has 2 heterocycles. The highest BCUT2D eigenvalue weighted by molar-refractivity contribution is 6.10. The smallest absolute Gasteiger partial charge is 0.343 e. The first-order valence-corrected chi connectivity index (χ1v) is 12.8. The zero-order valence-corrected chi connectivity index (χ0v) is 22.3. The van der Waals surface area contributed by atoms with E-state index < -0.39 is 5.97 Å². The van der Waals surface area contributed by atoms with E-state index in [0.717, 1.165) is 27.6 Å². The number of rotatable bonds is 7. The first-order valence-electron chi connectivity index (χ1n) is 12.8. The van der Waals surface area contributed by atoms with Gasteiger partial charge in [0.05, 0.1) is 18.9 Å². The van der Waals surface area contributed by atoms with Crippen molar-refractivity contribution in [3.8, 4) is 34.1 Å². The summed E-state index contributed by atoms with van der Waals surface area (Å²) < 4.78 is 21.6. The fourth-order valence-corrected chi connectivity index (χ4v) is 4.69. The van der Waals surface area contributed by atoms with Gasteiger partial charge in [-0.15, -0.1) is 0 Å². The Morgan fingerprint density at radius 3 is 2.59 bits per heavy atom. The van der Waals surface area contributed by atoms with E-state index in [9.17, 15) is 9.59 Å². The molecule has 9 nitrogen and oxygen atoms in total. The maximum atomic E-state index is 13.3. The van der Waals surface area contributed by atoms with Gasteiger partial charge in [0.2, 0.25) is 6.79 Å². The number of carbonyl (C=O) groups excluding carboxylic acids is 2. The Bertz CT molecular complexity index is 1810. The van der Waals surface area contributed by atoms with Gasteiger partial charge in [-0.25, -0.2) is 10.2 Å². The molecule has 1 amide bonds. The van der Waals surface area contributed by atoms with Crippen molar-refractivity contribution in [1.82, 2.24) is 10.4 Å². The standard InChI is InChI=1S/C32H25N3O6/c1-19-7-6-10-23-28(21-8-4-3-5-9-21)30(34-29(19)23)31(36)35-33-17-20-11-13-25(26(15-20)38-2)41-32(37)22-12-14-24-27(16-22)40-18-39-24/h3-17,34H,18H2,1-2H3,(H,35,36). The van der Waals surface area contributed by atoms with Crippen LogP contribution in [0.25, 0.3) is 22.0 Å². The third-order valence-electron chi connectivity index (χ3n) is 6.71. The molecule has 0 radical (unpaired) electrons. The van der Waals surface area contributed by atoms with Gasteiger partial charge in [0.25, 0.3) is 5.91 Å². The van der Waals surface area contributed by atoms with Crippen molar-refractivity contribution in [2.24, 2.45) is 5.10 Å². The number of hydrogen-bond donors (Lipinski definition) is 2. The quantitative estimate of drug-likeness (QED) is 0.114. The van der Waals surface area contributed by atoms with Gasteiger partial charge in [-0.2, -0.15) is 5.10 Å². The number of aryl methyl sites for hydroxylation is 1. The average molecular weight is 548 g/mol. The molecule has 0 atom stereocenters. The van der Waals surface area contributed by atoms with E-state index in [4.69, 9.17) is 18.9 Å². The highest BCUT2D eigenvalue weighted by Crippen LogP contribution is 2.35. The molecule has 1 aliphatic heterocycles. The van der Waals surface area contributed by atoms with E-state index in [0.29, 0.717) is 34.1 Å². The summed E-state index contributed by atoms with van der Waals surface area (Å²) in [7, 11) is 1.47. The predicted octanol–water partition coefficient (Wildman–Crippen LogP) is 5.86. The zero-order chi connectivity index (χ0) is 28.3. The van der Waals surface area contributed by atoms with Crippen LogP contribution >= 0.6 is 0 Å². The number of esters is 1. The number of aromatic nitrogens is 1. The first kappa shape index (κ1) is 25.7. The zero-order valence-electron chi connectivity index (χ0n) is 22.3. The first-order chi connectivity index (χ1) is 20.0. The van der Waals surface area contributed by atoms with Crippen LogP contribution in [0.3, 0.4) is 0 Å². The summed E-state index contributed by atoms with van der Waals surface area (Å²) in [6.45, 7) is 2.11. The van der Waals surface area contributed by atoms with Crippen LogP contribution in [-0.2, 0) is 0 Å². The number of para-hydroxylation sites is 1. The minimum atomic E-state index is -0.571. The molecule has 0 unspecified atom stereocenters.